The van der Waals surface area contributed by atoms with Crippen molar-refractivity contribution >= 4 is 17.7 Å². The van der Waals surface area contributed by atoms with E-state index in [2.05, 4.69) is 5.32 Å². The van der Waals surface area contributed by atoms with Crippen LogP contribution in [0.25, 0.3) is 0 Å². The first-order valence-corrected chi connectivity index (χ1v) is 6.28. The van der Waals surface area contributed by atoms with Crippen LogP contribution in [0.5, 0.6) is 5.75 Å². The molecule has 1 N–H and O–H groups in total. The molecule has 1 fully saturated rings. The molecule has 2 rings (SSSR count). The van der Waals surface area contributed by atoms with E-state index in [1.54, 1.807) is 24.3 Å². The van der Waals surface area contributed by atoms with Crippen molar-refractivity contribution in [1.82, 2.24) is 10.2 Å². The van der Waals surface area contributed by atoms with Crippen molar-refractivity contribution in [2.45, 2.75) is 13.0 Å². The molecule has 0 radical (unpaired) electrons. The van der Waals surface area contributed by atoms with Crippen molar-refractivity contribution in [2.75, 3.05) is 13.2 Å². The molecule has 0 bridgehead atoms. The van der Waals surface area contributed by atoms with Gasteiger partial charge in [-0.3, -0.25) is 19.7 Å². The molecule has 1 unspecified atom stereocenters. The molecule has 1 atom stereocenters. The second kappa shape index (κ2) is 6.05. The van der Waals surface area contributed by atoms with Crippen LogP contribution >= 0.6 is 0 Å². The fourth-order valence-corrected chi connectivity index (χ4v) is 1.93. The maximum absolute atomic E-state index is 12.1. The Morgan fingerprint density at radius 1 is 1.48 bits per heavy atom. The first kappa shape index (κ1) is 14.5. The molecule has 7 nitrogen and oxygen atoms in total. The summed E-state index contributed by atoms with van der Waals surface area (Å²) >= 11 is 0. The molecule has 7 heteroatoms. The van der Waals surface area contributed by atoms with E-state index in [4.69, 9.17) is 10.00 Å². The monoisotopic (exact) mass is 287 g/mol. The summed E-state index contributed by atoms with van der Waals surface area (Å²) < 4.78 is 5.31. The van der Waals surface area contributed by atoms with Crippen molar-refractivity contribution in [3.63, 3.8) is 0 Å². The number of hydrogen-bond donors (Lipinski definition) is 1. The lowest BCUT2D eigenvalue weighted by Crippen LogP contribution is -2.59. The van der Waals surface area contributed by atoms with Crippen LogP contribution in [0.3, 0.4) is 0 Å². The zero-order chi connectivity index (χ0) is 15.4. The number of piperazine rings is 1. The lowest BCUT2D eigenvalue weighted by atomic mass is 10.2. The van der Waals surface area contributed by atoms with E-state index in [0.29, 0.717) is 5.56 Å². The highest BCUT2D eigenvalue weighted by Gasteiger charge is 2.33. The molecule has 0 aliphatic carbocycles. The first-order valence-electron chi connectivity index (χ1n) is 6.28. The second-order valence-electron chi connectivity index (χ2n) is 4.51. The third-order valence-electron chi connectivity index (χ3n) is 3.10. The maximum Gasteiger partial charge on any atom is 0.261 e. The van der Waals surface area contributed by atoms with E-state index in [0.717, 1.165) is 4.90 Å². The Labute approximate surface area is 121 Å². The quantitative estimate of drug-likeness (QED) is 0.777. The average Bonchev–Trinajstić information content (AvgIpc) is 2.48. The lowest BCUT2D eigenvalue weighted by molar-refractivity contribution is -0.150. The predicted octanol–water partition coefficient (Wildman–Crippen LogP) is -0.189. The summed E-state index contributed by atoms with van der Waals surface area (Å²) in [6.45, 7) is 1.00. The van der Waals surface area contributed by atoms with Crippen molar-refractivity contribution in [3.05, 3.63) is 29.8 Å². The largest absolute Gasteiger partial charge is 0.482 e. The highest BCUT2D eigenvalue weighted by molar-refractivity contribution is 6.04. The van der Waals surface area contributed by atoms with Gasteiger partial charge in [0.1, 0.15) is 24.4 Å². The molecule has 0 spiro atoms. The fourth-order valence-electron chi connectivity index (χ4n) is 1.93. The van der Waals surface area contributed by atoms with Crippen LogP contribution in [-0.2, 0) is 14.4 Å². The number of nitrogens with zero attached hydrogens (tertiary/aromatic N) is 2. The van der Waals surface area contributed by atoms with Crippen LogP contribution in [0.15, 0.2) is 24.3 Å². The number of carbonyl (C=O) groups is 3. The van der Waals surface area contributed by atoms with E-state index in [1.165, 1.54) is 6.92 Å². The van der Waals surface area contributed by atoms with Gasteiger partial charge in [0, 0.05) is 0 Å². The molecule has 1 heterocycles. The molecule has 1 aliphatic rings. The molecule has 3 amide bonds. The number of ether oxygens (including phenoxy) is 1. The molecule has 108 valence electrons. The van der Waals surface area contributed by atoms with E-state index in [-0.39, 0.29) is 18.9 Å². The molecular weight excluding hydrogens is 274 g/mol. The zero-order valence-corrected chi connectivity index (χ0v) is 11.3. The van der Waals surface area contributed by atoms with Gasteiger partial charge >= 0.3 is 0 Å². The van der Waals surface area contributed by atoms with Gasteiger partial charge in [0.25, 0.3) is 5.91 Å². The highest BCUT2D eigenvalue weighted by Crippen LogP contribution is 2.16. The summed E-state index contributed by atoms with van der Waals surface area (Å²) in [7, 11) is 0. The van der Waals surface area contributed by atoms with Gasteiger partial charge in [-0.1, -0.05) is 12.1 Å². The Bertz CT molecular complexity index is 635. The first-order chi connectivity index (χ1) is 10.0. The van der Waals surface area contributed by atoms with Crippen molar-refractivity contribution in [1.29, 1.82) is 5.26 Å². The van der Waals surface area contributed by atoms with E-state index < -0.39 is 23.8 Å². The van der Waals surface area contributed by atoms with Crippen LogP contribution in [-0.4, -0.2) is 41.8 Å². The van der Waals surface area contributed by atoms with Crippen LogP contribution < -0.4 is 10.1 Å². The smallest absolute Gasteiger partial charge is 0.261 e. The zero-order valence-electron chi connectivity index (χ0n) is 11.3. The van der Waals surface area contributed by atoms with Gasteiger partial charge in [-0.2, -0.15) is 5.26 Å². The van der Waals surface area contributed by atoms with Gasteiger partial charge in [0.05, 0.1) is 5.56 Å². The summed E-state index contributed by atoms with van der Waals surface area (Å²) in [5.41, 5.74) is 0.311. The third kappa shape index (κ3) is 3.17. The SMILES string of the molecule is CC1C(=O)NC(=O)CN1C(=O)COc1ccccc1C#N. The third-order valence-corrected chi connectivity index (χ3v) is 3.10. The molecule has 0 aromatic heterocycles. The Morgan fingerprint density at radius 3 is 2.90 bits per heavy atom. The average molecular weight is 287 g/mol. The molecule has 21 heavy (non-hydrogen) atoms. The number of nitrogens with one attached hydrogen (secondary N) is 1. The van der Waals surface area contributed by atoms with E-state index >= 15 is 0 Å². The predicted molar refractivity (Wildman–Crippen MR) is 71.0 cm³/mol. The van der Waals surface area contributed by atoms with E-state index in [9.17, 15) is 14.4 Å². The van der Waals surface area contributed by atoms with Gasteiger partial charge in [-0.05, 0) is 19.1 Å². The molecule has 0 saturated carbocycles. The standard InChI is InChI=1S/C14H13N3O4/c1-9-14(20)16-12(18)7-17(9)13(19)8-21-11-5-3-2-4-10(11)6-15/h2-5,9H,7-8H2,1H3,(H,16,18,20). The second-order valence-corrected chi connectivity index (χ2v) is 4.51. The summed E-state index contributed by atoms with van der Waals surface area (Å²) in [6.07, 6.45) is 0. The van der Waals surface area contributed by atoms with Gasteiger partial charge in [-0.15, -0.1) is 0 Å². The molecule has 1 aromatic carbocycles. The number of nitriles is 1. The van der Waals surface area contributed by atoms with Crippen LogP contribution in [0.1, 0.15) is 12.5 Å². The number of hydrogen-bond acceptors (Lipinski definition) is 5. The van der Waals surface area contributed by atoms with Gasteiger partial charge in [-0.25, -0.2) is 0 Å². The van der Waals surface area contributed by atoms with Crippen molar-refractivity contribution in [2.24, 2.45) is 0 Å². The summed E-state index contributed by atoms with van der Waals surface area (Å²) in [5, 5.41) is 11.1. The van der Waals surface area contributed by atoms with Gasteiger partial charge in [0.2, 0.25) is 11.8 Å². The summed E-state index contributed by atoms with van der Waals surface area (Å²) in [4.78, 5) is 36.0. The number of para-hydroxylation sites is 1. The fraction of sp³-hybridized carbons (Fsp3) is 0.286. The summed E-state index contributed by atoms with van der Waals surface area (Å²) in [5.74, 6) is -1.24. The topological polar surface area (TPSA) is 99.5 Å². The molecular formula is C14H13N3O4. The normalized spacial score (nSPS) is 17.9. The minimum atomic E-state index is -0.731. The summed E-state index contributed by atoms with van der Waals surface area (Å²) in [6, 6.07) is 7.73. The van der Waals surface area contributed by atoms with Crippen LogP contribution in [0.2, 0.25) is 0 Å². The van der Waals surface area contributed by atoms with E-state index in [1.807, 2.05) is 6.07 Å². The van der Waals surface area contributed by atoms with Crippen molar-refractivity contribution < 1.29 is 19.1 Å². The maximum atomic E-state index is 12.1. The van der Waals surface area contributed by atoms with Crippen LogP contribution in [0.4, 0.5) is 0 Å². The number of benzene rings is 1. The Hall–Kier alpha value is -2.88. The number of amides is 3. The Morgan fingerprint density at radius 2 is 2.19 bits per heavy atom. The van der Waals surface area contributed by atoms with Gasteiger partial charge in [0.15, 0.2) is 6.61 Å². The molecule has 1 aromatic rings. The van der Waals surface area contributed by atoms with Gasteiger partial charge < -0.3 is 9.64 Å². The number of imide groups is 1. The van der Waals surface area contributed by atoms with Crippen molar-refractivity contribution in [3.8, 4) is 11.8 Å². The minimum absolute atomic E-state index is 0.186. The minimum Gasteiger partial charge on any atom is -0.482 e. The van der Waals surface area contributed by atoms with Crippen LogP contribution in [0, 0.1) is 11.3 Å². The Balaban J connectivity index is 2.03. The highest BCUT2D eigenvalue weighted by atomic mass is 16.5. The lowest BCUT2D eigenvalue weighted by Gasteiger charge is -2.31. The number of rotatable bonds is 3. The molecule has 1 aliphatic heterocycles. The number of carbonyl (C=O) groups excluding carboxylic acids is 3. The molecule has 1 saturated heterocycles. The Kier molecular flexibility index (Phi) is 4.18.